The number of halogens is 1. The summed E-state index contributed by atoms with van der Waals surface area (Å²) in [5.41, 5.74) is 1.51. The van der Waals surface area contributed by atoms with Crippen LogP contribution in [0.2, 0.25) is 5.02 Å². The maximum Gasteiger partial charge on any atom is 0.254 e. The Labute approximate surface area is 137 Å². The summed E-state index contributed by atoms with van der Waals surface area (Å²) in [5.74, 6) is 0.305. The Hall–Kier alpha value is -1.69. The minimum atomic E-state index is -1.15. The van der Waals surface area contributed by atoms with Gasteiger partial charge in [0.1, 0.15) is 11.9 Å². The zero-order valence-corrected chi connectivity index (χ0v) is 13.3. The van der Waals surface area contributed by atoms with Crippen molar-refractivity contribution >= 4 is 35.0 Å². The number of amides is 1. The van der Waals surface area contributed by atoms with E-state index >= 15 is 0 Å². The van der Waals surface area contributed by atoms with Crippen LogP contribution in [0.3, 0.4) is 0 Å². The number of aliphatic hydroxyl groups is 1. The van der Waals surface area contributed by atoms with Crippen molar-refractivity contribution in [1.29, 1.82) is 0 Å². The number of anilines is 1. The van der Waals surface area contributed by atoms with Crippen LogP contribution in [0, 0.1) is 0 Å². The van der Waals surface area contributed by atoms with E-state index in [1.54, 1.807) is 25.3 Å². The molecule has 2 aromatic carbocycles. The van der Waals surface area contributed by atoms with Gasteiger partial charge in [0, 0.05) is 9.92 Å². The van der Waals surface area contributed by atoms with Crippen molar-refractivity contribution in [3.05, 3.63) is 53.1 Å². The van der Waals surface area contributed by atoms with Gasteiger partial charge in [-0.25, -0.2) is 0 Å². The molecule has 6 heteroatoms. The molecule has 0 spiro atoms. The van der Waals surface area contributed by atoms with Crippen molar-refractivity contribution in [2.24, 2.45) is 0 Å². The Bertz CT molecular complexity index is 705. The molecule has 4 nitrogen and oxygen atoms in total. The first-order valence-electron chi connectivity index (χ1n) is 6.67. The summed E-state index contributed by atoms with van der Waals surface area (Å²) in [6, 6.07) is 12.6. The fraction of sp³-hybridized carbons (Fsp3) is 0.188. The molecule has 0 fully saturated rings. The summed E-state index contributed by atoms with van der Waals surface area (Å²) in [6.07, 6.45) is -1.15. The smallest absolute Gasteiger partial charge is 0.254 e. The SMILES string of the molecule is COc1ccc([C@H]2Sc3cc(Cl)ccc3NC(=O)[C@@H]2O)cc1. The third-order valence-corrected chi connectivity index (χ3v) is 5.07. The fourth-order valence-corrected chi connectivity index (χ4v) is 3.78. The van der Waals surface area contributed by atoms with Gasteiger partial charge in [0.25, 0.3) is 5.91 Å². The predicted molar refractivity (Wildman–Crippen MR) is 87.7 cm³/mol. The third kappa shape index (κ3) is 2.92. The number of hydrogen-bond acceptors (Lipinski definition) is 4. The number of hydrogen-bond donors (Lipinski definition) is 2. The molecule has 1 aliphatic rings. The normalized spacial score (nSPS) is 20.8. The van der Waals surface area contributed by atoms with Gasteiger partial charge in [-0.2, -0.15) is 0 Å². The molecule has 2 N–H and O–H groups in total. The molecule has 114 valence electrons. The molecule has 22 heavy (non-hydrogen) atoms. The van der Waals surface area contributed by atoms with Crippen LogP contribution in [-0.2, 0) is 4.79 Å². The lowest BCUT2D eigenvalue weighted by atomic mass is 10.1. The van der Waals surface area contributed by atoms with Gasteiger partial charge in [-0.1, -0.05) is 23.7 Å². The lowest BCUT2D eigenvalue weighted by Gasteiger charge is -2.19. The Morgan fingerprint density at radius 3 is 2.64 bits per heavy atom. The molecule has 0 aromatic heterocycles. The van der Waals surface area contributed by atoms with Crippen molar-refractivity contribution < 1.29 is 14.6 Å². The first-order valence-corrected chi connectivity index (χ1v) is 7.93. The van der Waals surface area contributed by atoms with E-state index < -0.39 is 17.3 Å². The van der Waals surface area contributed by atoms with Gasteiger partial charge in [0.15, 0.2) is 0 Å². The maximum absolute atomic E-state index is 12.1. The summed E-state index contributed by atoms with van der Waals surface area (Å²) in [7, 11) is 1.59. The topological polar surface area (TPSA) is 58.6 Å². The van der Waals surface area contributed by atoms with E-state index in [0.717, 1.165) is 16.2 Å². The summed E-state index contributed by atoms with van der Waals surface area (Å²) in [4.78, 5) is 13.0. The third-order valence-electron chi connectivity index (χ3n) is 3.46. The zero-order chi connectivity index (χ0) is 15.7. The predicted octanol–water partition coefficient (Wildman–Crippen LogP) is 3.50. The van der Waals surface area contributed by atoms with Gasteiger partial charge in [0.05, 0.1) is 18.0 Å². The van der Waals surface area contributed by atoms with Crippen molar-refractivity contribution in [1.82, 2.24) is 0 Å². The Morgan fingerprint density at radius 1 is 1.23 bits per heavy atom. The Kier molecular flexibility index (Phi) is 4.29. The highest BCUT2D eigenvalue weighted by Crippen LogP contribution is 2.44. The number of aliphatic hydroxyl groups excluding tert-OH is 1. The number of rotatable bonds is 2. The van der Waals surface area contributed by atoms with Crippen molar-refractivity contribution in [3.63, 3.8) is 0 Å². The van der Waals surface area contributed by atoms with Crippen molar-refractivity contribution in [3.8, 4) is 5.75 Å². The standard InChI is InChI=1S/C16H14ClNO3S/c1-21-11-5-2-9(3-6-11)15-14(19)16(20)18-12-7-4-10(17)8-13(12)22-15/h2-8,14-15,19H,1H3,(H,18,20)/t14-,15-/m1/s1. The molecule has 1 amide bonds. The molecule has 0 saturated heterocycles. The maximum atomic E-state index is 12.1. The average molecular weight is 336 g/mol. The summed E-state index contributed by atoms with van der Waals surface area (Å²) in [6.45, 7) is 0. The van der Waals surface area contributed by atoms with Gasteiger partial charge in [-0.3, -0.25) is 4.79 Å². The zero-order valence-electron chi connectivity index (χ0n) is 11.7. The summed E-state index contributed by atoms with van der Waals surface area (Å²) >= 11 is 7.44. The van der Waals surface area contributed by atoms with Crippen LogP contribution in [0.4, 0.5) is 5.69 Å². The van der Waals surface area contributed by atoms with Gasteiger partial charge in [-0.15, -0.1) is 11.8 Å². The van der Waals surface area contributed by atoms with Gasteiger partial charge in [0.2, 0.25) is 0 Å². The second-order valence-corrected chi connectivity index (χ2v) is 6.51. The lowest BCUT2D eigenvalue weighted by Crippen LogP contribution is -2.30. The van der Waals surface area contributed by atoms with Crippen LogP contribution < -0.4 is 10.1 Å². The van der Waals surface area contributed by atoms with Crippen LogP contribution >= 0.6 is 23.4 Å². The molecule has 1 heterocycles. The molecule has 0 bridgehead atoms. The molecule has 2 aromatic rings. The number of benzene rings is 2. The van der Waals surface area contributed by atoms with Gasteiger partial charge >= 0.3 is 0 Å². The second-order valence-electron chi connectivity index (χ2n) is 4.89. The largest absolute Gasteiger partial charge is 0.497 e. The number of thioether (sulfide) groups is 1. The molecule has 0 aliphatic carbocycles. The Morgan fingerprint density at radius 2 is 1.95 bits per heavy atom. The molecular weight excluding hydrogens is 322 g/mol. The van der Waals surface area contributed by atoms with Crippen LogP contribution in [-0.4, -0.2) is 24.2 Å². The molecule has 2 atom stereocenters. The Balaban J connectivity index is 2.00. The number of carbonyl (C=O) groups is 1. The second kappa shape index (κ2) is 6.20. The molecule has 1 aliphatic heterocycles. The van der Waals surface area contributed by atoms with Crippen LogP contribution in [0.1, 0.15) is 10.8 Å². The quantitative estimate of drug-likeness (QED) is 0.882. The van der Waals surface area contributed by atoms with Crippen molar-refractivity contribution in [2.75, 3.05) is 12.4 Å². The van der Waals surface area contributed by atoms with Gasteiger partial charge in [-0.05, 0) is 35.9 Å². The molecule has 0 saturated carbocycles. The van der Waals surface area contributed by atoms with Crippen molar-refractivity contribution in [2.45, 2.75) is 16.2 Å². The highest BCUT2D eigenvalue weighted by molar-refractivity contribution is 7.99. The van der Waals surface area contributed by atoms with E-state index in [1.807, 2.05) is 24.3 Å². The van der Waals surface area contributed by atoms with E-state index in [0.29, 0.717) is 10.7 Å². The molecular formula is C16H14ClNO3S. The number of fused-ring (bicyclic) bond motifs is 1. The first kappa shape index (κ1) is 15.2. The van der Waals surface area contributed by atoms with Gasteiger partial charge < -0.3 is 15.2 Å². The highest BCUT2D eigenvalue weighted by atomic mass is 35.5. The minimum Gasteiger partial charge on any atom is -0.497 e. The van der Waals surface area contributed by atoms with Crippen LogP contribution in [0.5, 0.6) is 5.75 Å². The number of ether oxygens (including phenoxy) is 1. The first-order chi connectivity index (χ1) is 10.6. The monoisotopic (exact) mass is 335 g/mol. The van der Waals surface area contributed by atoms with Crippen LogP contribution in [0.15, 0.2) is 47.4 Å². The van der Waals surface area contributed by atoms with E-state index in [9.17, 15) is 9.90 Å². The summed E-state index contributed by atoms with van der Waals surface area (Å²) in [5, 5.41) is 13.2. The van der Waals surface area contributed by atoms with E-state index in [-0.39, 0.29) is 0 Å². The summed E-state index contributed by atoms with van der Waals surface area (Å²) < 4.78 is 5.14. The van der Waals surface area contributed by atoms with E-state index in [4.69, 9.17) is 16.3 Å². The minimum absolute atomic E-state index is 0.411. The molecule has 0 unspecified atom stereocenters. The molecule has 3 rings (SSSR count). The number of methoxy groups -OCH3 is 1. The number of carbonyl (C=O) groups excluding carboxylic acids is 1. The molecule has 0 radical (unpaired) electrons. The van der Waals surface area contributed by atoms with E-state index in [2.05, 4.69) is 5.32 Å². The average Bonchev–Trinajstić information content (AvgIpc) is 2.65. The van der Waals surface area contributed by atoms with E-state index in [1.165, 1.54) is 11.8 Å². The lowest BCUT2D eigenvalue weighted by molar-refractivity contribution is -0.124. The van der Waals surface area contributed by atoms with Crippen LogP contribution in [0.25, 0.3) is 0 Å². The highest BCUT2D eigenvalue weighted by Gasteiger charge is 2.32. The fourth-order valence-electron chi connectivity index (χ4n) is 2.29. The number of nitrogens with one attached hydrogen (secondary N) is 1.